The van der Waals surface area contributed by atoms with Crippen LogP contribution in [0.25, 0.3) is 0 Å². The molecular formula is C16H16N4O3. The molecule has 0 N–H and O–H groups in total. The van der Waals surface area contributed by atoms with Gasteiger partial charge < -0.3 is 18.6 Å². The van der Waals surface area contributed by atoms with Crippen LogP contribution in [-0.4, -0.2) is 42.0 Å². The van der Waals surface area contributed by atoms with Gasteiger partial charge >= 0.3 is 0 Å². The van der Waals surface area contributed by atoms with Crippen LogP contribution in [0.2, 0.25) is 0 Å². The molecule has 118 valence electrons. The minimum Gasteiger partial charge on any atom is -0.472 e. The first-order chi connectivity index (χ1) is 11.3. The zero-order valence-electron chi connectivity index (χ0n) is 12.6. The normalized spacial score (nSPS) is 18.0. The molecule has 0 unspecified atom stereocenters. The van der Waals surface area contributed by atoms with Crippen molar-refractivity contribution in [1.29, 1.82) is 5.26 Å². The van der Waals surface area contributed by atoms with E-state index in [0.717, 1.165) is 12.8 Å². The second kappa shape index (κ2) is 5.47. The molecule has 23 heavy (non-hydrogen) atoms. The molecule has 2 aromatic heterocycles. The summed E-state index contributed by atoms with van der Waals surface area (Å²) in [6, 6.07) is 3.78. The predicted molar refractivity (Wildman–Crippen MR) is 80.0 cm³/mol. The van der Waals surface area contributed by atoms with Crippen LogP contribution in [0.15, 0.2) is 27.4 Å². The summed E-state index contributed by atoms with van der Waals surface area (Å²) in [6.07, 6.45) is 5.12. The number of anilines is 1. The molecule has 3 heterocycles. The lowest BCUT2D eigenvalue weighted by Gasteiger charge is -2.34. The molecule has 2 aromatic rings. The number of piperazine rings is 1. The Morgan fingerprint density at radius 1 is 1.30 bits per heavy atom. The Hall–Kier alpha value is -2.75. The summed E-state index contributed by atoms with van der Waals surface area (Å²) in [6.45, 7) is 2.40. The van der Waals surface area contributed by atoms with Gasteiger partial charge in [-0.1, -0.05) is 0 Å². The number of oxazole rings is 1. The zero-order chi connectivity index (χ0) is 15.8. The predicted octanol–water partition coefficient (Wildman–Crippen LogP) is 1.98. The summed E-state index contributed by atoms with van der Waals surface area (Å²) >= 11 is 0. The van der Waals surface area contributed by atoms with Crippen LogP contribution in [0, 0.1) is 11.3 Å². The molecule has 1 aliphatic carbocycles. The van der Waals surface area contributed by atoms with Gasteiger partial charge in [-0.2, -0.15) is 5.26 Å². The van der Waals surface area contributed by atoms with E-state index in [1.807, 2.05) is 4.90 Å². The molecule has 4 rings (SSSR count). The average molecular weight is 312 g/mol. The van der Waals surface area contributed by atoms with Crippen molar-refractivity contribution in [2.75, 3.05) is 31.1 Å². The van der Waals surface area contributed by atoms with Crippen LogP contribution in [-0.2, 0) is 0 Å². The first kappa shape index (κ1) is 13.9. The second-order valence-electron chi connectivity index (χ2n) is 5.88. The first-order valence-electron chi connectivity index (χ1n) is 7.73. The zero-order valence-corrected chi connectivity index (χ0v) is 12.6. The van der Waals surface area contributed by atoms with E-state index in [1.165, 1.54) is 12.5 Å². The van der Waals surface area contributed by atoms with Gasteiger partial charge in [-0.25, -0.2) is 4.98 Å². The fraction of sp³-hybridized carbons (Fsp3) is 0.438. The topological polar surface area (TPSA) is 86.5 Å². The van der Waals surface area contributed by atoms with Crippen LogP contribution in [0.3, 0.4) is 0 Å². The molecule has 1 amide bonds. The third kappa shape index (κ3) is 2.57. The van der Waals surface area contributed by atoms with Crippen LogP contribution in [0.4, 0.5) is 5.88 Å². The Kier molecular flexibility index (Phi) is 3.30. The molecule has 1 aliphatic heterocycles. The number of furan rings is 1. The quantitative estimate of drug-likeness (QED) is 0.861. The lowest BCUT2D eigenvalue weighted by atomic mass is 10.2. The average Bonchev–Trinajstić information content (AvgIpc) is 3.14. The van der Waals surface area contributed by atoms with Gasteiger partial charge in [0.1, 0.15) is 12.3 Å². The van der Waals surface area contributed by atoms with Crippen LogP contribution in [0.5, 0.6) is 0 Å². The van der Waals surface area contributed by atoms with Gasteiger partial charge in [0, 0.05) is 32.1 Å². The van der Waals surface area contributed by atoms with Gasteiger partial charge in [-0.15, -0.1) is 0 Å². The van der Waals surface area contributed by atoms with Crippen molar-refractivity contribution in [3.05, 3.63) is 35.7 Å². The molecule has 0 atom stereocenters. The number of rotatable bonds is 3. The molecule has 2 fully saturated rings. The van der Waals surface area contributed by atoms with Gasteiger partial charge in [-0.05, 0) is 18.9 Å². The summed E-state index contributed by atoms with van der Waals surface area (Å²) in [5.41, 5.74) is 0.911. The van der Waals surface area contributed by atoms with E-state index in [1.54, 1.807) is 11.0 Å². The lowest BCUT2D eigenvalue weighted by molar-refractivity contribution is 0.0744. The number of hydrogen-bond acceptors (Lipinski definition) is 6. The number of aromatic nitrogens is 1. The van der Waals surface area contributed by atoms with Gasteiger partial charge in [-0.3, -0.25) is 4.79 Å². The van der Waals surface area contributed by atoms with E-state index in [0.29, 0.717) is 55.1 Å². The molecule has 0 aromatic carbocycles. The Balaban J connectivity index is 1.45. The Labute approximate surface area is 133 Å². The molecule has 0 bridgehead atoms. The standard InChI is InChI=1S/C16H16N4O3/c17-9-13-16(23-14(18-13)11-1-2-11)20-6-4-19(5-7-20)15(21)12-3-8-22-10-12/h3,8,10-11H,1-2,4-7H2. The van der Waals surface area contributed by atoms with Crippen molar-refractivity contribution in [3.63, 3.8) is 0 Å². The number of nitrogens with zero attached hydrogens (tertiary/aromatic N) is 4. The fourth-order valence-electron chi connectivity index (χ4n) is 2.80. The minimum atomic E-state index is -0.0323. The van der Waals surface area contributed by atoms with E-state index in [4.69, 9.17) is 8.83 Å². The van der Waals surface area contributed by atoms with E-state index in [9.17, 15) is 10.1 Å². The minimum absolute atomic E-state index is 0.0323. The van der Waals surface area contributed by atoms with E-state index >= 15 is 0 Å². The van der Waals surface area contributed by atoms with E-state index < -0.39 is 0 Å². The number of carbonyl (C=O) groups excluding carboxylic acids is 1. The highest BCUT2D eigenvalue weighted by atomic mass is 16.4. The van der Waals surface area contributed by atoms with Crippen molar-refractivity contribution >= 4 is 11.8 Å². The van der Waals surface area contributed by atoms with Crippen molar-refractivity contribution in [1.82, 2.24) is 9.88 Å². The van der Waals surface area contributed by atoms with E-state index in [2.05, 4.69) is 11.1 Å². The molecule has 0 radical (unpaired) electrons. The fourth-order valence-corrected chi connectivity index (χ4v) is 2.80. The lowest BCUT2D eigenvalue weighted by Crippen LogP contribution is -2.48. The Morgan fingerprint density at radius 2 is 2.09 bits per heavy atom. The summed E-state index contributed by atoms with van der Waals surface area (Å²) in [4.78, 5) is 20.4. The highest BCUT2D eigenvalue weighted by molar-refractivity contribution is 5.94. The van der Waals surface area contributed by atoms with Crippen LogP contribution in [0.1, 0.15) is 40.7 Å². The summed E-state index contributed by atoms with van der Waals surface area (Å²) in [5, 5.41) is 9.26. The third-order valence-corrected chi connectivity index (χ3v) is 4.28. The SMILES string of the molecule is N#Cc1nc(C2CC2)oc1N1CCN(C(=O)c2ccoc2)CC1. The van der Waals surface area contributed by atoms with Crippen LogP contribution < -0.4 is 4.90 Å². The number of amides is 1. The highest BCUT2D eigenvalue weighted by Crippen LogP contribution is 2.41. The van der Waals surface area contributed by atoms with Gasteiger partial charge in [0.25, 0.3) is 5.91 Å². The summed E-state index contributed by atoms with van der Waals surface area (Å²) in [7, 11) is 0. The number of nitriles is 1. The Bertz CT molecular complexity index is 747. The molecular weight excluding hydrogens is 296 g/mol. The van der Waals surface area contributed by atoms with Crippen molar-refractivity contribution in [2.24, 2.45) is 0 Å². The maximum absolute atomic E-state index is 12.3. The largest absolute Gasteiger partial charge is 0.472 e. The summed E-state index contributed by atoms with van der Waals surface area (Å²) in [5.74, 6) is 1.56. The Morgan fingerprint density at radius 3 is 2.70 bits per heavy atom. The molecule has 7 heteroatoms. The second-order valence-corrected chi connectivity index (χ2v) is 5.88. The maximum atomic E-state index is 12.3. The molecule has 1 saturated carbocycles. The molecule has 7 nitrogen and oxygen atoms in total. The van der Waals surface area contributed by atoms with Crippen molar-refractivity contribution in [3.8, 4) is 6.07 Å². The summed E-state index contributed by atoms with van der Waals surface area (Å²) < 4.78 is 10.8. The van der Waals surface area contributed by atoms with Gasteiger partial charge in [0.05, 0.1) is 11.8 Å². The van der Waals surface area contributed by atoms with E-state index in [-0.39, 0.29) is 5.91 Å². The van der Waals surface area contributed by atoms with Crippen molar-refractivity contribution < 1.29 is 13.6 Å². The smallest absolute Gasteiger partial charge is 0.257 e. The third-order valence-electron chi connectivity index (χ3n) is 4.28. The number of hydrogen-bond donors (Lipinski definition) is 0. The van der Waals surface area contributed by atoms with Crippen molar-refractivity contribution in [2.45, 2.75) is 18.8 Å². The molecule has 0 spiro atoms. The molecule has 1 saturated heterocycles. The van der Waals surface area contributed by atoms with Gasteiger partial charge in [0.15, 0.2) is 0 Å². The highest BCUT2D eigenvalue weighted by Gasteiger charge is 2.33. The first-order valence-corrected chi connectivity index (χ1v) is 7.73. The van der Waals surface area contributed by atoms with Gasteiger partial charge in [0.2, 0.25) is 17.5 Å². The number of carbonyl (C=O) groups is 1. The van der Waals surface area contributed by atoms with Crippen LogP contribution >= 0.6 is 0 Å². The molecule has 2 aliphatic rings. The maximum Gasteiger partial charge on any atom is 0.257 e. The monoisotopic (exact) mass is 312 g/mol.